The number of benzene rings is 7. The first-order chi connectivity index (χ1) is 24.8. The van der Waals surface area contributed by atoms with Gasteiger partial charge in [0.15, 0.2) is 0 Å². The lowest BCUT2D eigenvalue weighted by molar-refractivity contribution is 1.10. The average Bonchev–Trinajstić information content (AvgIpc) is 3.72. The molecule has 3 nitrogen and oxygen atoms in total. The van der Waals surface area contributed by atoms with Crippen LogP contribution >= 0.6 is 23.5 Å². The number of hydrogen-bond donors (Lipinski definition) is 0. The Bertz CT molecular complexity index is 3020. The van der Waals surface area contributed by atoms with Crippen LogP contribution in [0, 0.1) is 0 Å². The highest BCUT2D eigenvalue weighted by molar-refractivity contribution is 8.01. The Kier molecular flexibility index (Phi) is 4.90. The first kappa shape index (κ1) is 26.5. The van der Waals surface area contributed by atoms with E-state index in [4.69, 9.17) is 4.98 Å². The Morgan fingerprint density at radius 3 is 1.84 bits per heavy atom. The molecule has 0 unspecified atom stereocenters. The summed E-state index contributed by atoms with van der Waals surface area (Å²) in [5, 5.41) is 2.66. The maximum absolute atomic E-state index is 5.28. The van der Waals surface area contributed by atoms with Crippen LogP contribution in [-0.2, 0) is 0 Å². The van der Waals surface area contributed by atoms with Crippen molar-refractivity contribution < 1.29 is 0 Å². The average molecular weight is 667 g/mol. The van der Waals surface area contributed by atoms with Gasteiger partial charge in [-0.05, 0) is 64.3 Å². The lowest BCUT2D eigenvalue weighted by Gasteiger charge is -2.36. The quantitative estimate of drug-likeness (QED) is 0.190. The van der Waals surface area contributed by atoms with E-state index in [2.05, 4.69) is 149 Å². The van der Waals surface area contributed by atoms with Crippen molar-refractivity contribution in [3.8, 4) is 22.8 Å². The highest BCUT2D eigenvalue weighted by Crippen LogP contribution is 2.42. The van der Waals surface area contributed by atoms with Gasteiger partial charge in [-0.15, -0.1) is 0 Å². The van der Waals surface area contributed by atoms with Crippen molar-refractivity contribution >= 4 is 103 Å². The third-order valence-electron chi connectivity index (χ3n) is 11.4. The molecule has 7 aromatic carbocycles. The van der Waals surface area contributed by atoms with Gasteiger partial charge in [0.05, 0.1) is 16.6 Å². The molecule has 0 saturated carbocycles. The van der Waals surface area contributed by atoms with E-state index in [9.17, 15) is 0 Å². The minimum Gasteiger partial charge on any atom is -0.310 e. The van der Waals surface area contributed by atoms with E-state index in [0.29, 0.717) is 0 Å². The summed E-state index contributed by atoms with van der Waals surface area (Å²) in [5.74, 6) is 1.01. The fourth-order valence-electron chi connectivity index (χ4n) is 9.56. The summed E-state index contributed by atoms with van der Waals surface area (Å²) in [6.07, 6.45) is 0. The summed E-state index contributed by atoms with van der Waals surface area (Å²) in [5.41, 5.74) is 17.0. The van der Waals surface area contributed by atoms with Crippen LogP contribution in [0.25, 0.3) is 55.6 Å². The normalized spacial score (nSPS) is 14.2. The number of nitrogens with zero attached hydrogens (tertiary/aromatic N) is 3. The van der Waals surface area contributed by atoms with Crippen LogP contribution < -0.4 is 32.8 Å². The largest absolute Gasteiger partial charge is 0.310 e. The maximum Gasteiger partial charge on any atom is 0.249 e. The number of fused-ring (bicyclic) bond motifs is 11. The van der Waals surface area contributed by atoms with E-state index >= 15 is 0 Å². The van der Waals surface area contributed by atoms with Crippen LogP contribution in [-0.4, -0.2) is 27.5 Å². The summed E-state index contributed by atoms with van der Waals surface area (Å²) in [6, 6.07) is 52.1. The number of hydrogen-bond acceptors (Lipinski definition) is 3. The molecule has 2 aromatic heterocycles. The highest BCUT2D eigenvalue weighted by Gasteiger charge is 2.44. The van der Waals surface area contributed by atoms with Gasteiger partial charge in [0.1, 0.15) is 5.82 Å². The molecule has 9 aromatic rings. The van der Waals surface area contributed by atoms with Crippen LogP contribution in [0.5, 0.6) is 0 Å². The molecule has 0 fully saturated rings. The predicted octanol–water partition coefficient (Wildman–Crippen LogP) is 6.38. The lowest BCUT2D eigenvalue weighted by atomic mass is 9.32. The Hall–Kier alpha value is -5.36. The summed E-state index contributed by atoms with van der Waals surface area (Å²) < 4.78 is 4.96. The lowest BCUT2D eigenvalue weighted by Crippen LogP contribution is -2.62. The number of imidazole rings is 1. The second kappa shape index (κ2) is 9.25. The molecular formula is C43H23B2N3S2. The number of rotatable bonds is 1. The zero-order valence-electron chi connectivity index (χ0n) is 26.6. The molecule has 0 atom stereocenters. The first-order valence-corrected chi connectivity index (χ1v) is 18.8. The number of para-hydroxylation sites is 3. The van der Waals surface area contributed by atoms with Gasteiger partial charge in [0.2, 0.25) is 13.4 Å². The molecule has 7 heteroatoms. The van der Waals surface area contributed by atoms with Gasteiger partial charge in [-0.2, -0.15) is 0 Å². The van der Waals surface area contributed by atoms with Crippen LogP contribution in [0.1, 0.15) is 0 Å². The maximum atomic E-state index is 5.28. The third-order valence-corrected chi connectivity index (χ3v) is 13.7. The second-order valence-electron chi connectivity index (χ2n) is 13.8. The molecule has 0 N–H and O–H groups in total. The zero-order valence-corrected chi connectivity index (χ0v) is 28.2. The Balaban J connectivity index is 1.10. The summed E-state index contributed by atoms with van der Waals surface area (Å²) in [6.45, 7) is 0.297. The van der Waals surface area contributed by atoms with Crippen molar-refractivity contribution in [1.29, 1.82) is 0 Å². The Labute approximate surface area is 297 Å². The molecule has 0 radical (unpaired) electrons. The minimum absolute atomic E-state index is 0.131. The summed E-state index contributed by atoms with van der Waals surface area (Å²) in [4.78, 5) is 10.7. The van der Waals surface area contributed by atoms with Crippen molar-refractivity contribution in [1.82, 2.24) is 14.1 Å². The van der Waals surface area contributed by atoms with Crippen LogP contribution in [0.2, 0.25) is 0 Å². The van der Waals surface area contributed by atoms with Gasteiger partial charge in [-0.1, -0.05) is 132 Å². The van der Waals surface area contributed by atoms with E-state index < -0.39 is 0 Å². The monoisotopic (exact) mass is 667 g/mol. The molecule has 13 rings (SSSR count). The van der Waals surface area contributed by atoms with Gasteiger partial charge >= 0.3 is 0 Å². The van der Waals surface area contributed by atoms with Gasteiger partial charge in [-0.25, -0.2) is 4.98 Å². The molecule has 4 aliphatic heterocycles. The molecule has 0 bridgehead atoms. The minimum atomic E-state index is 0.131. The molecule has 0 spiro atoms. The van der Waals surface area contributed by atoms with E-state index in [-0.39, 0.29) is 13.4 Å². The van der Waals surface area contributed by atoms with E-state index in [0.717, 1.165) is 16.9 Å². The molecule has 228 valence electrons. The van der Waals surface area contributed by atoms with E-state index in [1.807, 2.05) is 23.5 Å². The fourth-order valence-corrected chi connectivity index (χ4v) is 12.0. The smallest absolute Gasteiger partial charge is 0.249 e. The summed E-state index contributed by atoms with van der Waals surface area (Å²) in [7, 11) is 0. The highest BCUT2D eigenvalue weighted by atomic mass is 32.2. The standard InChI is InChI=1S/C43H23B2N3S2/c1-2-10-24(11-3-1)43-46-31-16-7-15-28-42(31)48(43)34-19-9-21-36-40(34)45(28)30-22-29-37(23-38(30)50-36)49-35-20-8-18-33-39(35)44(29)27-14-6-13-26-25-12-4-5-17-32(25)47(33)41(26)27/h1-23H. The van der Waals surface area contributed by atoms with Crippen molar-refractivity contribution in [2.45, 2.75) is 19.6 Å². The summed E-state index contributed by atoms with van der Waals surface area (Å²) >= 11 is 3.88. The number of aromatic nitrogens is 3. The van der Waals surface area contributed by atoms with E-state index in [1.54, 1.807) is 0 Å². The SMILES string of the molecule is c1ccc(-c2nc3cccc4c3n2-c2cccc3c2B4c2cc4c(cc2S3)Sc2cccc3c2B4c2cccc4c5ccccc5n-3c24)cc1. The Morgan fingerprint density at radius 1 is 0.460 bits per heavy atom. The second-order valence-corrected chi connectivity index (χ2v) is 16.0. The topological polar surface area (TPSA) is 22.8 Å². The van der Waals surface area contributed by atoms with Crippen molar-refractivity contribution in [3.63, 3.8) is 0 Å². The fraction of sp³-hybridized carbons (Fsp3) is 0. The van der Waals surface area contributed by atoms with E-state index in [1.165, 1.54) is 91.1 Å². The Morgan fingerprint density at radius 2 is 1.08 bits per heavy atom. The van der Waals surface area contributed by atoms with Crippen molar-refractivity contribution in [2.24, 2.45) is 0 Å². The van der Waals surface area contributed by atoms with Crippen LogP contribution in [0.4, 0.5) is 0 Å². The van der Waals surface area contributed by atoms with Gasteiger partial charge < -0.3 is 4.57 Å². The molecule has 0 saturated heterocycles. The first-order valence-electron chi connectivity index (χ1n) is 17.2. The van der Waals surface area contributed by atoms with Crippen LogP contribution in [0.15, 0.2) is 159 Å². The molecule has 0 amide bonds. The predicted molar refractivity (Wildman–Crippen MR) is 211 cm³/mol. The van der Waals surface area contributed by atoms with Crippen molar-refractivity contribution in [3.05, 3.63) is 140 Å². The van der Waals surface area contributed by atoms with Gasteiger partial charge in [0, 0.05) is 52.8 Å². The molecular weight excluding hydrogens is 644 g/mol. The molecule has 0 aliphatic carbocycles. The zero-order chi connectivity index (χ0) is 32.2. The molecule has 50 heavy (non-hydrogen) atoms. The third kappa shape index (κ3) is 3.13. The van der Waals surface area contributed by atoms with Gasteiger partial charge in [0.25, 0.3) is 0 Å². The molecule has 6 heterocycles. The van der Waals surface area contributed by atoms with Gasteiger partial charge in [-0.3, -0.25) is 4.57 Å². The van der Waals surface area contributed by atoms with Crippen LogP contribution in [0.3, 0.4) is 0 Å². The van der Waals surface area contributed by atoms with Crippen molar-refractivity contribution in [2.75, 3.05) is 0 Å². The molecule has 4 aliphatic rings.